The van der Waals surface area contributed by atoms with Crippen molar-refractivity contribution < 1.29 is 44.2 Å². The van der Waals surface area contributed by atoms with E-state index >= 15 is 0 Å². The third-order valence-corrected chi connectivity index (χ3v) is 11.0. The van der Waals surface area contributed by atoms with Crippen molar-refractivity contribution in [1.82, 2.24) is 0 Å². The van der Waals surface area contributed by atoms with Crippen LogP contribution in [0.15, 0.2) is 97.2 Å². The maximum Gasteiger partial charge on any atom is 0.306 e. The second-order valence-electron chi connectivity index (χ2n) is 16.8. The van der Waals surface area contributed by atoms with E-state index in [1.165, 1.54) is 57.8 Å². The largest absolute Gasteiger partial charge is 0.457 e. The first-order chi connectivity index (χ1) is 31.4. The summed E-state index contributed by atoms with van der Waals surface area (Å²) in [5.74, 6) is -0.329. The van der Waals surface area contributed by atoms with Crippen molar-refractivity contribution in [2.45, 2.75) is 218 Å². The molecule has 64 heavy (non-hydrogen) atoms. The Morgan fingerprint density at radius 3 is 1.36 bits per heavy atom. The molecule has 1 aliphatic heterocycles. The summed E-state index contributed by atoms with van der Waals surface area (Å²) in [6.07, 6.45) is 55.8. The maximum absolute atomic E-state index is 12.8. The van der Waals surface area contributed by atoms with Gasteiger partial charge >= 0.3 is 5.97 Å². The van der Waals surface area contributed by atoms with Gasteiger partial charge in [0.2, 0.25) is 0 Å². The van der Waals surface area contributed by atoms with Gasteiger partial charge in [-0.3, -0.25) is 4.79 Å². The highest BCUT2D eigenvalue weighted by Gasteiger charge is 2.44. The number of aliphatic hydroxyl groups is 4. The van der Waals surface area contributed by atoms with Gasteiger partial charge in [0.15, 0.2) is 6.29 Å². The normalized spacial score (nSPS) is 20.4. The minimum atomic E-state index is -1.55. The van der Waals surface area contributed by atoms with Gasteiger partial charge in [0.1, 0.15) is 30.5 Å². The molecule has 366 valence electrons. The molecule has 0 aliphatic carbocycles. The topological polar surface area (TPSA) is 135 Å². The van der Waals surface area contributed by atoms with Gasteiger partial charge in [-0.1, -0.05) is 182 Å². The van der Waals surface area contributed by atoms with Crippen molar-refractivity contribution >= 4 is 5.97 Å². The molecular formula is C55H92O9. The van der Waals surface area contributed by atoms with Crippen molar-refractivity contribution in [3.05, 3.63) is 97.2 Å². The van der Waals surface area contributed by atoms with Crippen LogP contribution in [-0.4, -0.2) is 89.6 Å². The van der Waals surface area contributed by atoms with Gasteiger partial charge < -0.3 is 39.4 Å². The lowest BCUT2D eigenvalue weighted by Gasteiger charge is -2.39. The summed E-state index contributed by atoms with van der Waals surface area (Å²) in [6.45, 7) is 4.29. The Kier molecular flexibility index (Phi) is 41.8. The zero-order chi connectivity index (χ0) is 46.4. The number of carbonyl (C=O) groups excluding carboxylic acids is 1. The fraction of sp³-hybridized carbons (Fsp3) is 0.691. The summed E-state index contributed by atoms with van der Waals surface area (Å²) in [5, 5.41) is 40.2. The van der Waals surface area contributed by atoms with Crippen LogP contribution >= 0.6 is 0 Å². The first-order valence-electron chi connectivity index (χ1n) is 25.3. The van der Waals surface area contributed by atoms with Crippen molar-refractivity contribution in [3.63, 3.8) is 0 Å². The number of esters is 1. The Hall–Kier alpha value is -2.89. The fourth-order valence-electron chi connectivity index (χ4n) is 7.12. The van der Waals surface area contributed by atoms with Crippen LogP contribution in [-0.2, 0) is 23.7 Å². The second kappa shape index (κ2) is 45.3. The van der Waals surface area contributed by atoms with Gasteiger partial charge in [-0.05, 0) is 89.9 Å². The first kappa shape index (κ1) is 59.1. The van der Waals surface area contributed by atoms with Gasteiger partial charge in [-0.2, -0.15) is 0 Å². The van der Waals surface area contributed by atoms with Crippen LogP contribution in [0.2, 0.25) is 0 Å². The van der Waals surface area contributed by atoms with E-state index in [2.05, 4.69) is 111 Å². The Balaban J connectivity index is 2.22. The Morgan fingerprint density at radius 1 is 0.500 bits per heavy atom. The average Bonchev–Trinajstić information content (AvgIpc) is 3.30. The number of ether oxygens (including phenoxy) is 4. The number of carbonyl (C=O) groups is 1. The number of hydrogen-bond donors (Lipinski definition) is 4. The summed E-state index contributed by atoms with van der Waals surface area (Å²) < 4.78 is 22.9. The molecule has 1 fully saturated rings. The molecule has 1 saturated heterocycles. The SMILES string of the molecule is CC/C=C\C/C=C\C/C=C\C/C=C\C/C=C\CCCCCCCCCCCC(=O)OC(COCCCCCCCC/C=C\C/C=C\C/C=C\CC)COC1OC(CO)C(O)C(O)C1O. The molecule has 0 amide bonds. The second-order valence-corrected chi connectivity index (χ2v) is 16.8. The molecule has 1 rings (SSSR count). The Bertz CT molecular complexity index is 1300. The van der Waals surface area contributed by atoms with E-state index in [0.717, 1.165) is 103 Å². The molecule has 0 aromatic rings. The molecule has 0 spiro atoms. The zero-order valence-electron chi connectivity index (χ0n) is 40.2. The van der Waals surface area contributed by atoms with E-state index in [4.69, 9.17) is 18.9 Å². The molecule has 0 aromatic carbocycles. The van der Waals surface area contributed by atoms with Crippen molar-refractivity contribution in [2.75, 3.05) is 26.4 Å². The summed E-state index contributed by atoms with van der Waals surface area (Å²) in [5.41, 5.74) is 0. The van der Waals surface area contributed by atoms with Gasteiger partial charge in [0.25, 0.3) is 0 Å². The number of allylic oxidation sites excluding steroid dienone is 16. The van der Waals surface area contributed by atoms with E-state index in [-0.39, 0.29) is 19.2 Å². The van der Waals surface area contributed by atoms with E-state index in [1.54, 1.807) is 0 Å². The lowest BCUT2D eigenvalue weighted by Crippen LogP contribution is -2.59. The van der Waals surface area contributed by atoms with Crippen LogP contribution in [0, 0.1) is 0 Å². The molecule has 1 aliphatic rings. The zero-order valence-corrected chi connectivity index (χ0v) is 40.2. The van der Waals surface area contributed by atoms with Crippen LogP contribution in [0.3, 0.4) is 0 Å². The predicted octanol–water partition coefficient (Wildman–Crippen LogP) is 12.4. The smallest absolute Gasteiger partial charge is 0.306 e. The predicted molar refractivity (Wildman–Crippen MR) is 265 cm³/mol. The summed E-state index contributed by atoms with van der Waals surface area (Å²) >= 11 is 0. The standard InChI is InChI=1S/C55H92O9/c1-3-5-7-9-11-13-15-17-19-21-22-23-24-25-26-27-28-29-30-32-34-36-38-40-42-44-51(57)63-49(48-62-55-54(60)53(59)52(58)50(46-56)64-55)47-61-45-43-41-39-37-35-33-31-20-18-16-14-12-10-8-6-4-2/h5-8,11-14,17-20,22-23,25-26,49-50,52-56,58-60H,3-4,9-10,15-16,21,24,27-48H2,1-2H3/b7-5-,8-6-,13-11-,14-12-,19-17-,20-18-,23-22-,26-25-. The van der Waals surface area contributed by atoms with E-state index in [0.29, 0.717) is 13.0 Å². The number of aliphatic hydroxyl groups excluding tert-OH is 4. The van der Waals surface area contributed by atoms with Gasteiger partial charge in [-0.15, -0.1) is 0 Å². The summed E-state index contributed by atoms with van der Waals surface area (Å²) in [6, 6.07) is 0. The molecule has 6 unspecified atom stereocenters. The number of unbranched alkanes of at least 4 members (excludes halogenated alkanes) is 15. The van der Waals surface area contributed by atoms with Crippen LogP contribution in [0.5, 0.6) is 0 Å². The molecule has 9 nitrogen and oxygen atoms in total. The molecule has 9 heteroatoms. The highest BCUT2D eigenvalue weighted by atomic mass is 16.7. The highest BCUT2D eigenvalue weighted by molar-refractivity contribution is 5.69. The molecule has 0 bridgehead atoms. The molecule has 4 N–H and O–H groups in total. The third kappa shape index (κ3) is 35.4. The van der Waals surface area contributed by atoms with E-state index in [9.17, 15) is 25.2 Å². The molecular weight excluding hydrogens is 805 g/mol. The van der Waals surface area contributed by atoms with Crippen molar-refractivity contribution in [1.29, 1.82) is 0 Å². The van der Waals surface area contributed by atoms with Crippen LogP contribution in [0.25, 0.3) is 0 Å². The van der Waals surface area contributed by atoms with Crippen molar-refractivity contribution in [3.8, 4) is 0 Å². The molecule has 0 aromatic heterocycles. The number of rotatable bonds is 42. The molecule has 0 radical (unpaired) electrons. The minimum Gasteiger partial charge on any atom is -0.457 e. The summed E-state index contributed by atoms with van der Waals surface area (Å²) in [7, 11) is 0. The van der Waals surface area contributed by atoms with E-state index in [1.807, 2.05) is 0 Å². The third-order valence-electron chi connectivity index (χ3n) is 11.0. The quantitative estimate of drug-likeness (QED) is 0.0268. The fourth-order valence-corrected chi connectivity index (χ4v) is 7.12. The Labute approximate surface area is 390 Å². The molecule has 1 heterocycles. The highest BCUT2D eigenvalue weighted by Crippen LogP contribution is 2.22. The molecule has 0 saturated carbocycles. The monoisotopic (exact) mass is 897 g/mol. The van der Waals surface area contributed by atoms with E-state index < -0.39 is 43.4 Å². The minimum absolute atomic E-state index is 0.127. The maximum atomic E-state index is 12.8. The Morgan fingerprint density at radius 2 is 0.906 bits per heavy atom. The van der Waals surface area contributed by atoms with Crippen molar-refractivity contribution in [2.24, 2.45) is 0 Å². The lowest BCUT2D eigenvalue weighted by atomic mass is 9.99. The first-order valence-corrected chi connectivity index (χ1v) is 25.3. The molecule has 6 atom stereocenters. The van der Waals surface area contributed by atoms with Crippen LogP contribution < -0.4 is 0 Å². The summed E-state index contributed by atoms with van der Waals surface area (Å²) in [4.78, 5) is 12.8. The number of hydrogen-bond acceptors (Lipinski definition) is 9. The average molecular weight is 897 g/mol. The van der Waals surface area contributed by atoms with Crippen LogP contribution in [0.4, 0.5) is 0 Å². The van der Waals surface area contributed by atoms with Gasteiger partial charge in [-0.25, -0.2) is 0 Å². The lowest BCUT2D eigenvalue weighted by molar-refractivity contribution is -0.305. The van der Waals surface area contributed by atoms with Crippen LogP contribution in [0.1, 0.15) is 181 Å². The van der Waals surface area contributed by atoms with Gasteiger partial charge in [0, 0.05) is 13.0 Å². The van der Waals surface area contributed by atoms with Gasteiger partial charge in [0.05, 0.1) is 19.8 Å².